The highest BCUT2D eigenvalue weighted by Gasteiger charge is 2.59. The van der Waals surface area contributed by atoms with Crippen LogP contribution >= 0.6 is 7.82 Å². The van der Waals surface area contributed by atoms with Crippen LogP contribution < -0.4 is 0 Å². The molecule has 2 aromatic rings. The number of rotatable bonds is 14. The number of benzene rings is 2. The lowest BCUT2D eigenvalue weighted by Crippen LogP contribution is -2.45. The zero-order valence-electron chi connectivity index (χ0n) is 22.4. The molecule has 1 unspecified atom stereocenters. The third-order valence-corrected chi connectivity index (χ3v) is 6.94. The van der Waals surface area contributed by atoms with E-state index >= 15 is 4.39 Å². The molecule has 0 N–H and O–H groups in total. The highest BCUT2D eigenvalue weighted by molar-refractivity contribution is 7.48. The summed E-state index contributed by atoms with van der Waals surface area (Å²) in [5.41, 5.74) is 1.34. The van der Waals surface area contributed by atoms with E-state index in [0.717, 1.165) is 13.8 Å². The molecule has 1 saturated heterocycles. The van der Waals surface area contributed by atoms with E-state index in [2.05, 4.69) is 0 Å². The molecule has 1 fully saturated rings. The molecule has 1 aliphatic heterocycles. The van der Waals surface area contributed by atoms with Crippen molar-refractivity contribution in [3.8, 4) is 0 Å². The van der Waals surface area contributed by atoms with Crippen molar-refractivity contribution in [2.24, 2.45) is 0 Å². The standard InChI is InChI=1S/C27H32FO11P/c1-4-33-26(31)27(38-20(3)30)15-24(37-19(2)29)25(39-27)23(28)18-36-40(32,34-16-21-11-7-5-8-12-21)35-17-22-13-9-6-10-14-22/h5-14,23-25H,4,15-18H2,1-3H3/t23?,24-,25+,27-/m0/s1. The van der Waals surface area contributed by atoms with Crippen molar-refractivity contribution < 1.29 is 55.9 Å². The van der Waals surface area contributed by atoms with Crippen molar-refractivity contribution in [2.45, 2.75) is 64.6 Å². The minimum Gasteiger partial charge on any atom is -0.461 e. The van der Waals surface area contributed by atoms with Gasteiger partial charge in [-0.1, -0.05) is 60.7 Å². The molecule has 3 rings (SSSR count). The van der Waals surface area contributed by atoms with E-state index in [4.69, 9.17) is 32.5 Å². The van der Waals surface area contributed by atoms with Gasteiger partial charge < -0.3 is 18.9 Å². The van der Waals surface area contributed by atoms with Gasteiger partial charge in [0.15, 0.2) is 6.17 Å². The Morgan fingerprint density at radius 3 is 1.98 bits per heavy atom. The first kappa shape index (κ1) is 31.4. The largest absolute Gasteiger partial charge is 0.475 e. The second-order valence-corrected chi connectivity index (χ2v) is 10.4. The maximum atomic E-state index is 15.6. The van der Waals surface area contributed by atoms with E-state index < -0.39 is 62.9 Å². The van der Waals surface area contributed by atoms with Crippen LogP contribution in [0.3, 0.4) is 0 Å². The van der Waals surface area contributed by atoms with E-state index in [9.17, 15) is 18.9 Å². The number of phosphoric acid groups is 1. The third-order valence-electron chi connectivity index (χ3n) is 5.59. The number of alkyl halides is 1. The molecule has 0 radical (unpaired) electrons. The Kier molecular flexibility index (Phi) is 11.4. The van der Waals surface area contributed by atoms with Crippen LogP contribution in [0.2, 0.25) is 0 Å². The Balaban J connectivity index is 1.77. The molecule has 0 bridgehead atoms. The van der Waals surface area contributed by atoms with Crippen LogP contribution in [-0.4, -0.2) is 55.3 Å². The molecule has 0 aromatic heterocycles. The maximum Gasteiger partial charge on any atom is 0.475 e. The highest BCUT2D eigenvalue weighted by atomic mass is 31.2. The number of esters is 3. The van der Waals surface area contributed by atoms with Gasteiger partial charge >= 0.3 is 31.5 Å². The second-order valence-electron chi connectivity index (χ2n) is 8.78. The summed E-state index contributed by atoms with van der Waals surface area (Å²) in [6, 6.07) is 17.6. The van der Waals surface area contributed by atoms with Gasteiger partial charge in [0.25, 0.3) is 0 Å². The van der Waals surface area contributed by atoms with Gasteiger partial charge in [0.1, 0.15) is 12.2 Å². The second kappa shape index (κ2) is 14.5. The predicted octanol–water partition coefficient (Wildman–Crippen LogP) is 4.43. The molecule has 0 spiro atoms. The lowest BCUT2D eigenvalue weighted by Gasteiger charge is -2.27. The summed E-state index contributed by atoms with van der Waals surface area (Å²) in [6.45, 7) is 2.33. The first-order valence-corrected chi connectivity index (χ1v) is 14.0. The molecule has 0 amide bonds. The van der Waals surface area contributed by atoms with Crippen molar-refractivity contribution in [3.63, 3.8) is 0 Å². The number of hydrogen-bond donors (Lipinski definition) is 0. The molecule has 0 aliphatic carbocycles. The number of carbonyl (C=O) groups is 3. The van der Waals surface area contributed by atoms with Crippen molar-refractivity contribution in [3.05, 3.63) is 71.8 Å². The van der Waals surface area contributed by atoms with Crippen molar-refractivity contribution in [2.75, 3.05) is 13.2 Å². The molecule has 40 heavy (non-hydrogen) atoms. The maximum absolute atomic E-state index is 15.6. The van der Waals surface area contributed by atoms with Gasteiger partial charge in [-0.3, -0.25) is 23.2 Å². The van der Waals surface area contributed by atoms with Gasteiger partial charge in [-0.15, -0.1) is 0 Å². The lowest BCUT2D eigenvalue weighted by molar-refractivity contribution is -0.241. The van der Waals surface area contributed by atoms with Gasteiger partial charge in [-0.05, 0) is 18.1 Å². The number of halogens is 1. The number of phosphoric ester groups is 1. The summed E-state index contributed by atoms with van der Waals surface area (Å²) in [4.78, 5) is 36.1. The Bertz CT molecular complexity index is 1130. The summed E-state index contributed by atoms with van der Waals surface area (Å²) >= 11 is 0. The Labute approximate surface area is 231 Å². The SMILES string of the molecule is CCOC(=O)[C@]1(OC(C)=O)C[C@H](OC(C)=O)[C@@H](C(F)COP(=O)(OCc2ccccc2)OCc2ccccc2)O1. The van der Waals surface area contributed by atoms with Crippen LogP contribution in [-0.2, 0) is 64.7 Å². The summed E-state index contributed by atoms with van der Waals surface area (Å²) < 4.78 is 66.2. The van der Waals surface area contributed by atoms with Crippen LogP contribution in [0.25, 0.3) is 0 Å². The van der Waals surface area contributed by atoms with Crippen molar-refractivity contribution >= 4 is 25.7 Å². The van der Waals surface area contributed by atoms with Crippen molar-refractivity contribution in [1.29, 1.82) is 0 Å². The topological polar surface area (TPSA) is 133 Å². The molecule has 218 valence electrons. The van der Waals surface area contributed by atoms with Crippen LogP contribution in [0.5, 0.6) is 0 Å². The smallest absolute Gasteiger partial charge is 0.461 e. The molecule has 13 heteroatoms. The minimum atomic E-state index is -4.36. The Hall–Kier alpha value is -3.15. The molecule has 1 heterocycles. The summed E-state index contributed by atoms with van der Waals surface area (Å²) in [5, 5.41) is 0. The van der Waals surface area contributed by atoms with Crippen molar-refractivity contribution in [1.82, 2.24) is 0 Å². The van der Waals surface area contributed by atoms with E-state index in [1.54, 1.807) is 60.7 Å². The van der Waals surface area contributed by atoms with Gasteiger partial charge in [-0.2, -0.15) is 0 Å². The summed E-state index contributed by atoms with van der Waals surface area (Å²) in [6.07, 6.45) is -5.67. The molecule has 2 aromatic carbocycles. The monoisotopic (exact) mass is 582 g/mol. The molecule has 4 atom stereocenters. The third kappa shape index (κ3) is 8.94. The van der Waals surface area contributed by atoms with Crippen LogP contribution in [0.15, 0.2) is 60.7 Å². The average molecular weight is 583 g/mol. The molecule has 11 nitrogen and oxygen atoms in total. The summed E-state index contributed by atoms with van der Waals surface area (Å²) in [7, 11) is -4.36. The van der Waals surface area contributed by atoms with E-state index in [0.29, 0.717) is 11.1 Å². The van der Waals surface area contributed by atoms with Crippen LogP contribution in [0.4, 0.5) is 4.39 Å². The van der Waals surface area contributed by atoms with E-state index in [-0.39, 0.29) is 19.8 Å². The molecule has 0 saturated carbocycles. The minimum absolute atomic E-state index is 0.0863. The Morgan fingerprint density at radius 1 is 0.950 bits per heavy atom. The Morgan fingerprint density at radius 2 is 1.50 bits per heavy atom. The van der Waals surface area contributed by atoms with Crippen LogP contribution in [0.1, 0.15) is 38.3 Å². The first-order chi connectivity index (χ1) is 19.1. The van der Waals surface area contributed by atoms with Gasteiger partial charge in [-0.25, -0.2) is 13.8 Å². The van der Waals surface area contributed by atoms with E-state index in [1.807, 2.05) is 0 Å². The highest BCUT2D eigenvalue weighted by Crippen LogP contribution is 2.51. The summed E-state index contributed by atoms with van der Waals surface area (Å²) in [5.74, 6) is -5.15. The quantitative estimate of drug-likeness (QED) is 0.178. The van der Waals surface area contributed by atoms with Crippen LogP contribution in [0, 0.1) is 0 Å². The van der Waals surface area contributed by atoms with Gasteiger partial charge in [0.05, 0.1) is 32.8 Å². The van der Waals surface area contributed by atoms with Gasteiger partial charge in [0.2, 0.25) is 0 Å². The lowest BCUT2D eigenvalue weighted by atomic mass is 10.1. The molecule has 1 aliphatic rings. The number of ether oxygens (including phenoxy) is 4. The normalized spacial score (nSPS) is 21.4. The number of carbonyl (C=O) groups excluding carboxylic acids is 3. The van der Waals surface area contributed by atoms with Gasteiger partial charge in [0, 0.05) is 13.8 Å². The fourth-order valence-electron chi connectivity index (χ4n) is 3.89. The average Bonchev–Trinajstić information content (AvgIpc) is 3.28. The zero-order valence-corrected chi connectivity index (χ0v) is 23.3. The fraction of sp³-hybridized carbons (Fsp3) is 0.444. The molecular formula is C27H32FO11P. The molecular weight excluding hydrogens is 550 g/mol. The zero-order chi connectivity index (χ0) is 29.2. The predicted molar refractivity (Wildman–Crippen MR) is 137 cm³/mol. The first-order valence-electron chi connectivity index (χ1n) is 12.5. The number of hydrogen-bond acceptors (Lipinski definition) is 11. The van der Waals surface area contributed by atoms with E-state index in [1.165, 1.54) is 6.92 Å². The fourth-order valence-corrected chi connectivity index (χ4v) is 5.05.